The third-order valence-corrected chi connectivity index (χ3v) is 6.30. The first-order valence-corrected chi connectivity index (χ1v) is 10.3. The van der Waals surface area contributed by atoms with Crippen molar-refractivity contribution in [3.63, 3.8) is 0 Å². The Morgan fingerprint density at radius 1 is 1.21 bits per heavy atom. The molecule has 1 heterocycles. The van der Waals surface area contributed by atoms with Gasteiger partial charge in [0.15, 0.2) is 23.5 Å². The number of hydrogen-bond acceptors (Lipinski definition) is 10. The van der Waals surface area contributed by atoms with E-state index in [9.17, 15) is 44.9 Å². The lowest BCUT2D eigenvalue weighted by atomic mass is 9.97. The number of carbonyl (C=O) groups excluding carboxylic acids is 1. The van der Waals surface area contributed by atoms with Crippen molar-refractivity contribution in [1.82, 2.24) is 4.90 Å². The van der Waals surface area contributed by atoms with Crippen LogP contribution in [0, 0.1) is 0 Å². The number of nitrogens with zero attached hydrogens (tertiary/aromatic N) is 1. The number of ether oxygens (including phenoxy) is 1. The van der Waals surface area contributed by atoms with Crippen LogP contribution in [0.1, 0.15) is 18.3 Å². The van der Waals surface area contributed by atoms with Gasteiger partial charge in [0.05, 0.1) is 13.2 Å². The van der Waals surface area contributed by atoms with Crippen LogP contribution in [0.15, 0.2) is 18.2 Å². The number of amides is 1. The standard InChI is InChI=1S/C16H24NO11P/c1-2-27-29(25,26)16(8-3-4-9(20)10(21)5-8)17(7-19)15-14(24)13(23)12(22)11(6-18)28-15/h3-5,7,11-16,18,20-24H,2,6H2,1H3,(H,25,26)/t11-,12-,13+,14-,15?,16?/m1/s1. The zero-order valence-electron chi connectivity index (χ0n) is 15.3. The summed E-state index contributed by atoms with van der Waals surface area (Å²) in [6.45, 7) is 0.421. The topological polar surface area (TPSA) is 197 Å². The van der Waals surface area contributed by atoms with Crippen LogP contribution in [-0.4, -0.2) is 90.7 Å². The fourth-order valence-corrected chi connectivity index (χ4v) is 4.64. The monoisotopic (exact) mass is 437 g/mol. The van der Waals surface area contributed by atoms with Crippen LogP contribution in [0.2, 0.25) is 0 Å². The highest BCUT2D eigenvalue weighted by atomic mass is 31.2. The minimum atomic E-state index is -4.68. The maximum absolute atomic E-state index is 12.8. The van der Waals surface area contributed by atoms with Gasteiger partial charge < -0.3 is 44.8 Å². The average molecular weight is 437 g/mol. The first kappa shape index (κ1) is 23.5. The minimum absolute atomic E-state index is 0.0587. The lowest BCUT2D eigenvalue weighted by Crippen LogP contribution is -2.63. The Morgan fingerprint density at radius 3 is 2.38 bits per heavy atom. The van der Waals surface area contributed by atoms with E-state index in [4.69, 9.17) is 9.26 Å². The molecule has 1 saturated heterocycles. The molecule has 7 atom stereocenters. The highest BCUT2D eigenvalue weighted by molar-refractivity contribution is 7.53. The molecular formula is C16H24NO11P. The summed E-state index contributed by atoms with van der Waals surface area (Å²) in [5, 5.41) is 58.8. The summed E-state index contributed by atoms with van der Waals surface area (Å²) in [6.07, 6.45) is -8.53. The zero-order valence-corrected chi connectivity index (χ0v) is 16.2. The van der Waals surface area contributed by atoms with Gasteiger partial charge in [-0.1, -0.05) is 6.07 Å². The van der Waals surface area contributed by atoms with Gasteiger partial charge in [0.25, 0.3) is 0 Å². The fraction of sp³-hybridized carbons (Fsp3) is 0.562. The Balaban J connectivity index is 2.55. The van der Waals surface area contributed by atoms with E-state index in [1.54, 1.807) is 0 Å². The van der Waals surface area contributed by atoms with E-state index in [-0.39, 0.29) is 18.6 Å². The third-order valence-electron chi connectivity index (χ3n) is 4.49. The quantitative estimate of drug-likeness (QED) is 0.143. The van der Waals surface area contributed by atoms with Crippen molar-refractivity contribution in [3.8, 4) is 11.5 Å². The molecular weight excluding hydrogens is 413 g/mol. The summed E-state index contributed by atoms with van der Waals surface area (Å²) in [5.41, 5.74) is -0.149. The predicted octanol–water partition coefficient (Wildman–Crippen LogP) is -1.42. The Kier molecular flexibility index (Phi) is 7.60. The molecule has 0 saturated carbocycles. The van der Waals surface area contributed by atoms with Crippen LogP contribution in [0.4, 0.5) is 0 Å². The maximum Gasteiger partial charge on any atom is 0.355 e. The van der Waals surface area contributed by atoms with Gasteiger partial charge in [-0.3, -0.25) is 14.3 Å². The summed E-state index contributed by atoms with van der Waals surface area (Å²) in [4.78, 5) is 22.9. The van der Waals surface area contributed by atoms with Crippen molar-refractivity contribution in [2.24, 2.45) is 0 Å². The molecule has 1 aliphatic heterocycles. The molecule has 12 nitrogen and oxygen atoms in total. The van der Waals surface area contributed by atoms with E-state index in [2.05, 4.69) is 0 Å². The summed E-state index contributed by atoms with van der Waals surface area (Å²) in [6, 6.07) is 3.07. The molecule has 29 heavy (non-hydrogen) atoms. The molecule has 0 spiro atoms. The van der Waals surface area contributed by atoms with Gasteiger partial charge in [-0.15, -0.1) is 0 Å². The summed E-state index contributed by atoms with van der Waals surface area (Å²) < 4.78 is 23.0. The Labute approximate surface area is 165 Å². The lowest BCUT2D eigenvalue weighted by molar-refractivity contribution is -0.262. The highest BCUT2D eigenvalue weighted by Gasteiger charge is 2.50. The van der Waals surface area contributed by atoms with Crippen LogP contribution < -0.4 is 0 Å². The maximum atomic E-state index is 12.8. The second-order valence-electron chi connectivity index (χ2n) is 6.38. The molecule has 1 aromatic rings. The Bertz CT molecular complexity index is 760. The first-order valence-electron chi connectivity index (χ1n) is 8.61. The third kappa shape index (κ3) is 4.71. The predicted molar refractivity (Wildman–Crippen MR) is 95.6 cm³/mol. The molecule has 0 aliphatic carbocycles. The van der Waals surface area contributed by atoms with E-state index >= 15 is 0 Å². The number of aliphatic hydroxyl groups is 4. The van der Waals surface area contributed by atoms with Gasteiger partial charge >= 0.3 is 7.60 Å². The number of benzene rings is 1. The van der Waals surface area contributed by atoms with Gasteiger partial charge in [-0.25, -0.2) is 0 Å². The summed E-state index contributed by atoms with van der Waals surface area (Å²) in [7, 11) is -4.68. The number of aromatic hydroxyl groups is 2. The zero-order chi connectivity index (χ0) is 21.9. The van der Waals surface area contributed by atoms with Crippen molar-refractivity contribution in [3.05, 3.63) is 23.8 Å². The number of phenols is 2. The molecule has 1 aliphatic rings. The smallest absolute Gasteiger partial charge is 0.355 e. The molecule has 1 fully saturated rings. The van der Waals surface area contributed by atoms with Gasteiger partial charge in [0.2, 0.25) is 6.41 Å². The van der Waals surface area contributed by atoms with E-state index in [1.807, 2.05) is 0 Å². The Hall–Kier alpha value is -1.76. The van der Waals surface area contributed by atoms with Crippen LogP contribution >= 0.6 is 7.60 Å². The van der Waals surface area contributed by atoms with Crippen molar-refractivity contribution in [2.75, 3.05) is 13.2 Å². The largest absolute Gasteiger partial charge is 0.504 e. The molecule has 0 bridgehead atoms. The van der Waals surface area contributed by atoms with E-state index in [0.717, 1.165) is 18.2 Å². The normalized spacial score (nSPS) is 30.3. The number of rotatable bonds is 8. The van der Waals surface area contributed by atoms with E-state index in [1.165, 1.54) is 6.92 Å². The summed E-state index contributed by atoms with van der Waals surface area (Å²) >= 11 is 0. The number of hydrogen-bond donors (Lipinski definition) is 7. The van der Waals surface area contributed by atoms with Crippen molar-refractivity contribution in [1.29, 1.82) is 0 Å². The fourth-order valence-electron chi connectivity index (χ4n) is 3.07. The SMILES string of the molecule is CCOP(=O)(O)C(c1ccc(O)c(O)c1)N(C=O)C1O[C@H](CO)[C@@H](O)[C@H](O)[C@H]1O. The molecule has 2 rings (SSSR count). The van der Waals surface area contributed by atoms with Crippen LogP contribution in [0.3, 0.4) is 0 Å². The van der Waals surface area contributed by atoms with Gasteiger partial charge in [0, 0.05) is 0 Å². The van der Waals surface area contributed by atoms with Crippen molar-refractivity contribution >= 4 is 14.0 Å². The van der Waals surface area contributed by atoms with Gasteiger partial charge in [-0.2, -0.15) is 0 Å². The second kappa shape index (κ2) is 9.37. The van der Waals surface area contributed by atoms with Gasteiger partial charge in [-0.05, 0) is 24.6 Å². The van der Waals surface area contributed by atoms with E-state index < -0.39 is 62.1 Å². The second-order valence-corrected chi connectivity index (χ2v) is 8.25. The molecule has 0 aromatic heterocycles. The van der Waals surface area contributed by atoms with E-state index in [0.29, 0.717) is 4.90 Å². The van der Waals surface area contributed by atoms with Crippen molar-refractivity contribution in [2.45, 2.75) is 43.4 Å². The molecule has 164 valence electrons. The van der Waals surface area contributed by atoms with Crippen molar-refractivity contribution < 1.29 is 54.2 Å². The van der Waals surface area contributed by atoms with Crippen LogP contribution in [0.5, 0.6) is 11.5 Å². The summed E-state index contributed by atoms with van der Waals surface area (Å²) in [5.74, 6) is -3.00. The van der Waals surface area contributed by atoms with Gasteiger partial charge in [0.1, 0.15) is 24.4 Å². The molecule has 0 radical (unpaired) electrons. The van der Waals surface area contributed by atoms with Crippen LogP contribution in [0.25, 0.3) is 0 Å². The minimum Gasteiger partial charge on any atom is -0.504 e. The highest BCUT2D eigenvalue weighted by Crippen LogP contribution is 2.59. The molecule has 13 heteroatoms. The average Bonchev–Trinajstić information content (AvgIpc) is 2.67. The Morgan fingerprint density at radius 2 is 1.86 bits per heavy atom. The molecule has 1 amide bonds. The molecule has 1 aromatic carbocycles. The number of phenolic OH excluding ortho intramolecular Hbond substituents is 2. The van der Waals surface area contributed by atoms with Crippen LogP contribution in [-0.2, 0) is 18.6 Å². The first-order chi connectivity index (χ1) is 13.6. The number of carbonyl (C=O) groups is 1. The molecule has 7 N–H and O–H groups in total. The number of aliphatic hydroxyl groups excluding tert-OH is 4. The lowest BCUT2D eigenvalue weighted by Gasteiger charge is -2.45. The molecule has 3 unspecified atom stereocenters.